The van der Waals surface area contributed by atoms with Crippen molar-refractivity contribution in [3.8, 4) is 0 Å². The van der Waals surface area contributed by atoms with Gasteiger partial charge in [-0.1, -0.05) is 0 Å². The molecule has 0 atom stereocenters. The molecule has 41 heavy (non-hydrogen) atoms. The molecule has 0 unspecified atom stereocenters. The Labute approximate surface area is 242 Å². The van der Waals surface area contributed by atoms with Gasteiger partial charge in [-0.2, -0.15) is 15.0 Å². The number of H-pyrrole nitrogens is 2. The third-order valence-corrected chi connectivity index (χ3v) is 5.81. The van der Waals surface area contributed by atoms with Gasteiger partial charge in [0, 0.05) is 52.4 Å². The maximum absolute atomic E-state index is 11.9. The highest BCUT2D eigenvalue weighted by atomic mass is 35.5. The van der Waals surface area contributed by atoms with Crippen LogP contribution in [0.1, 0.15) is 41.5 Å². The topological polar surface area (TPSA) is 183 Å². The predicted octanol–water partition coefficient (Wildman–Crippen LogP) is 1.10. The number of anilines is 2. The van der Waals surface area contributed by atoms with Crippen molar-refractivity contribution in [2.45, 2.75) is 52.7 Å². The summed E-state index contributed by atoms with van der Waals surface area (Å²) in [6.07, 6.45) is 0.578. The monoisotopic (exact) mass is 596 g/mol. The number of nitrogens with one attached hydrogen (secondary N) is 2. The van der Waals surface area contributed by atoms with E-state index in [0.717, 1.165) is 0 Å². The predicted molar refractivity (Wildman–Crippen MR) is 150 cm³/mol. The van der Waals surface area contributed by atoms with Crippen molar-refractivity contribution < 1.29 is 19.1 Å². The Morgan fingerprint density at radius 3 is 1.66 bits per heavy atom. The van der Waals surface area contributed by atoms with Gasteiger partial charge in [0.15, 0.2) is 0 Å². The Morgan fingerprint density at radius 2 is 1.22 bits per heavy atom. The maximum Gasteiger partial charge on any atom is 0.410 e. The minimum Gasteiger partial charge on any atom is -0.444 e. The summed E-state index contributed by atoms with van der Waals surface area (Å²) in [6, 6.07) is 0. The van der Waals surface area contributed by atoms with Crippen LogP contribution in [-0.2, 0) is 9.47 Å². The van der Waals surface area contributed by atoms with Crippen LogP contribution in [0.5, 0.6) is 0 Å². The Kier molecular flexibility index (Phi) is 10.1. The molecular weight excluding hydrogens is 560 g/mol. The summed E-state index contributed by atoms with van der Waals surface area (Å²) < 4.78 is 10.6. The molecule has 17 heteroatoms. The number of hydrogen-bond donors (Lipinski definition) is 2. The lowest BCUT2D eigenvalue weighted by atomic mass is 10.2. The maximum atomic E-state index is 11.9. The Morgan fingerprint density at radius 1 is 0.732 bits per heavy atom. The minimum absolute atomic E-state index is 0.000396. The van der Waals surface area contributed by atoms with E-state index < -0.39 is 22.6 Å². The lowest BCUT2D eigenvalue weighted by Gasteiger charge is -2.35. The summed E-state index contributed by atoms with van der Waals surface area (Å²) in [7, 11) is 0. The van der Waals surface area contributed by atoms with E-state index in [2.05, 4.69) is 29.9 Å². The molecule has 4 rings (SSSR count). The van der Waals surface area contributed by atoms with Gasteiger partial charge in [-0.25, -0.2) is 24.2 Å². The fourth-order valence-corrected chi connectivity index (χ4v) is 3.95. The molecule has 2 aliphatic rings. The first-order valence-corrected chi connectivity index (χ1v) is 13.5. The van der Waals surface area contributed by atoms with Crippen LogP contribution in [0.25, 0.3) is 0 Å². The van der Waals surface area contributed by atoms with Gasteiger partial charge >= 0.3 is 23.6 Å². The Hall–Kier alpha value is -3.95. The molecule has 2 aliphatic heterocycles. The molecule has 2 aromatic heterocycles. The second kappa shape index (κ2) is 13.1. The first-order chi connectivity index (χ1) is 19.1. The van der Waals surface area contributed by atoms with Crippen LogP contribution < -0.4 is 21.2 Å². The number of halogens is 1. The number of aromatic amines is 2. The number of rotatable bonds is 2. The highest BCUT2D eigenvalue weighted by molar-refractivity contribution is 6.28. The van der Waals surface area contributed by atoms with Gasteiger partial charge in [0.25, 0.3) is 0 Å². The summed E-state index contributed by atoms with van der Waals surface area (Å²) in [5.41, 5.74) is -1.98. The van der Waals surface area contributed by atoms with Crippen LogP contribution in [0.2, 0.25) is 5.28 Å². The Bertz CT molecular complexity index is 1310. The molecule has 0 saturated carbocycles. The molecule has 2 saturated heterocycles. The molecule has 4 heterocycles. The lowest BCUT2D eigenvalue weighted by molar-refractivity contribution is 0.0229. The number of nitrogens with zero attached hydrogens (tertiary/aromatic N) is 8. The van der Waals surface area contributed by atoms with Crippen molar-refractivity contribution >= 4 is 35.7 Å². The number of carbonyl (C=O) groups excluding carboxylic acids is 2. The summed E-state index contributed by atoms with van der Waals surface area (Å²) in [4.78, 5) is 73.4. The molecule has 226 valence electrons. The van der Waals surface area contributed by atoms with Gasteiger partial charge in [-0.3, -0.25) is 9.97 Å². The van der Waals surface area contributed by atoms with Crippen LogP contribution >= 0.6 is 11.6 Å². The van der Waals surface area contributed by atoms with Gasteiger partial charge in [-0.05, 0) is 53.1 Å². The smallest absolute Gasteiger partial charge is 0.410 e. The lowest BCUT2D eigenvalue weighted by Crippen LogP contribution is -2.50. The van der Waals surface area contributed by atoms with Crippen molar-refractivity contribution in [2.24, 2.45) is 0 Å². The van der Waals surface area contributed by atoms with Crippen molar-refractivity contribution in [1.29, 1.82) is 0 Å². The van der Waals surface area contributed by atoms with Crippen LogP contribution in [0.3, 0.4) is 0 Å². The van der Waals surface area contributed by atoms with E-state index in [9.17, 15) is 19.2 Å². The second-order valence-electron chi connectivity index (χ2n) is 11.3. The van der Waals surface area contributed by atoms with Crippen molar-refractivity contribution in [1.82, 2.24) is 39.7 Å². The van der Waals surface area contributed by atoms with Gasteiger partial charge in [0.2, 0.25) is 17.2 Å². The number of ether oxygens (including phenoxy) is 2. The van der Waals surface area contributed by atoms with Gasteiger partial charge < -0.3 is 29.1 Å². The minimum atomic E-state index is -0.542. The van der Waals surface area contributed by atoms with Crippen molar-refractivity contribution in [3.05, 3.63) is 32.6 Å². The summed E-state index contributed by atoms with van der Waals surface area (Å²) in [5, 5.41) is -0.000396. The second-order valence-corrected chi connectivity index (χ2v) is 11.6. The number of piperazine rings is 2. The molecule has 2 fully saturated rings. The summed E-state index contributed by atoms with van der Waals surface area (Å²) in [6.45, 7) is 15.2. The summed E-state index contributed by atoms with van der Waals surface area (Å²) >= 11 is 5.70. The van der Waals surface area contributed by atoms with Gasteiger partial charge in [-0.15, -0.1) is 0 Å². The zero-order valence-electron chi connectivity index (χ0n) is 24.1. The molecule has 2 aromatic rings. The fraction of sp³-hybridized carbons (Fsp3) is 0.667. The first-order valence-electron chi connectivity index (χ1n) is 13.1. The van der Waals surface area contributed by atoms with Crippen molar-refractivity contribution in [3.63, 3.8) is 0 Å². The molecule has 2 amide bonds. The molecular formula is C24H37ClN10O6. The van der Waals surface area contributed by atoms with Gasteiger partial charge in [0.1, 0.15) is 17.5 Å². The molecule has 0 aromatic carbocycles. The van der Waals surface area contributed by atoms with Gasteiger partial charge in [0.05, 0.1) is 0 Å². The molecule has 0 aliphatic carbocycles. The molecule has 0 bridgehead atoms. The fourth-order valence-electron chi connectivity index (χ4n) is 3.79. The number of carbonyl (C=O) groups is 2. The number of hydrogen-bond acceptors (Lipinski definition) is 12. The standard InChI is InChI=1S/C12H18ClN5O3.C12H19N5O3/c1-12(2,3)21-11(20)18-6-4-17(5-7-18)9-14-8(13)15-10(19)16-9;1-12(2,3)20-11(19)17-6-4-16(5-7-17)9-13-8-14-10(18)15-9/h4-7H2,1-3H3,(H,14,15,16,19);8H,4-7H2,1-3H3,(H,13,14,15,18). The van der Waals surface area contributed by atoms with E-state index in [1.54, 1.807) is 9.80 Å². The van der Waals surface area contributed by atoms with E-state index in [1.165, 1.54) is 6.33 Å². The first kappa shape index (κ1) is 31.6. The van der Waals surface area contributed by atoms with Crippen molar-refractivity contribution in [2.75, 3.05) is 62.2 Å². The SMILES string of the molecule is CC(C)(C)OC(=O)N1CCN(c2nc(Cl)[nH]c(=O)n2)CC1.CC(C)(C)OC(=O)N1CCN(c2ncnc(=O)[nH]2)CC1. The summed E-state index contributed by atoms with van der Waals surface area (Å²) in [5.74, 6) is 0.751. The average molecular weight is 597 g/mol. The largest absolute Gasteiger partial charge is 0.444 e. The number of aromatic nitrogens is 6. The third kappa shape index (κ3) is 10.2. The highest BCUT2D eigenvalue weighted by Crippen LogP contribution is 2.15. The van der Waals surface area contributed by atoms with E-state index in [4.69, 9.17) is 21.1 Å². The van der Waals surface area contributed by atoms with E-state index >= 15 is 0 Å². The molecule has 0 radical (unpaired) electrons. The van der Waals surface area contributed by atoms with Crippen LogP contribution in [0.4, 0.5) is 21.5 Å². The van der Waals surface area contributed by atoms with E-state index in [0.29, 0.717) is 58.3 Å². The quantitative estimate of drug-likeness (QED) is 0.504. The molecule has 0 spiro atoms. The Balaban J connectivity index is 0.000000226. The highest BCUT2D eigenvalue weighted by Gasteiger charge is 2.28. The van der Waals surface area contributed by atoms with Crippen LogP contribution in [0, 0.1) is 0 Å². The number of amides is 2. The van der Waals surface area contributed by atoms with E-state index in [-0.39, 0.29) is 23.4 Å². The molecule has 2 N–H and O–H groups in total. The zero-order chi connectivity index (χ0) is 30.4. The third-order valence-electron chi connectivity index (χ3n) is 5.63. The van der Waals surface area contributed by atoms with E-state index in [1.807, 2.05) is 51.3 Å². The molecule has 16 nitrogen and oxygen atoms in total. The normalized spacial score (nSPS) is 16.1. The van der Waals surface area contributed by atoms with Crippen LogP contribution in [-0.4, -0.2) is 115 Å². The zero-order valence-corrected chi connectivity index (χ0v) is 24.9. The average Bonchev–Trinajstić information content (AvgIpc) is 2.87. The van der Waals surface area contributed by atoms with Crippen LogP contribution in [0.15, 0.2) is 15.9 Å².